The molecule has 11 aromatic rings. The third-order valence-electron chi connectivity index (χ3n) is 9.76. The molecule has 0 fully saturated rings. The second kappa shape index (κ2) is 10.7. The summed E-state index contributed by atoms with van der Waals surface area (Å²) < 4.78 is 19.2. The Morgan fingerprint density at radius 1 is 0.314 bits per heavy atom. The molecule has 6 heteroatoms. The number of para-hydroxylation sites is 3. The Balaban J connectivity index is 1.10. The molecule has 0 aliphatic rings. The Morgan fingerprint density at radius 2 is 0.843 bits per heavy atom. The molecule has 0 bridgehead atoms. The molecule has 0 amide bonds. The maximum Gasteiger partial charge on any atom is 0.167 e. The summed E-state index contributed by atoms with van der Waals surface area (Å²) in [5, 5.41) is 6.34. The third-order valence-corrected chi connectivity index (χ3v) is 9.76. The van der Waals surface area contributed by atoms with Gasteiger partial charge in [-0.05, 0) is 59.7 Å². The fourth-order valence-electron chi connectivity index (χ4n) is 7.36. The molecule has 238 valence electrons. The van der Waals surface area contributed by atoms with E-state index >= 15 is 0 Å². The lowest BCUT2D eigenvalue weighted by Crippen LogP contribution is -2.00. The van der Waals surface area contributed by atoms with Crippen molar-refractivity contribution in [2.24, 2.45) is 0 Å². The second-order valence-corrected chi connectivity index (χ2v) is 12.8. The van der Waals surface area contributed by atoms with Crippen LogP contribution in [0.2, 0.25) is 0 Å². The van der Waals surface area contributed by atoms with E-state index in [1.165, 1.54) is 0 Å². The van der Waals surface area contributed by atoms with Gasteiger partial charge in [-0.25, -0.2) is 15.0 Å². The zero-order chi connectivity index (χ0) is 33.5. The summed E-state index contributed by atoms with van der Waals surface area (Å²) in [4.78, 5) is 15.1. The first-order valence-electron chi connectivity index (χ1n) is 16.8. The van der Waals surface area contributed by atoms with Crippen molar-refractivity contribution in [2.75, 3.05) is 0 Å². The number of rotatable bonds is 4. The molecule has 0 atom stereocenters. The molecule has 0 radical (unpaired) electrons. The molecule has 0 saturated heterocycles. The van der Waals surface area contributed by atoms with Gasteiger partial charge in [-0.1, -0.05) is 103 Å². The van der Waals surface area contributed by atoms with E-state index in [9.17, 15) is 0 Å². The maximum absolute atomic E-state index is 6.68. The molecular weight excluding hydrogens is 631 g/mol. The van der Waals surface area contributed by atoms with Crippen LogP contribution >= 0.6 is 0 Å². The molecule has 11 rings (SSSR count). The molecule has 0 unspecified atom stereocenters. The molecule has 0 saturated carbocycles. The van der Waals surface area contributed by atoms with Crippen LogP contribution in [0.15, 0.2) is 165 Å². The van der Waals surface area contributed by atoms with Crippen molar-refractivity contribution < 1.29 is 13.3 Å². The average Bonchev–Trinajstić information content (AvgIpc) is 3.88. The summed E-state index contributed by atoms with van der Waals surface area (Å²) in [6.07, 6.45) is 0. The summed E-state index contributed by atoms with van der Waals surface area (Å²) in [6.45, 7) is 0. The topological polar surface area (TPSA) is 78.1 Å². The lowest BCUT2D eigenvalue weighted by Gasteiger charge is -2.09. The fraction of sp³-hybridized carbons (Fsp3) is 0. The molecule has 6 nitrogen and oxygen atoms in total. The minimum Gasteiger partial charge on any atom is -0.456 e. The molecule has 4 heterocycles. The molecular formula is C45H25N3O3. The van der Waals surface area contributed by atoms with Crippen LogP contribution in [0.4, 0.5) is 0 Å². The molecule has 7 aromatic carbocycles. The van der Waals surface area contributed by atoms with E-state index in [2.05, 4.69) is 48.5 Å². The molecule has 0 N–H and O–H groups in total. The number of hydrogen-bond donors (Lipinski definition) is 0. The Morgan fingerprint density at radius 3 is 1.59 bits per heavy atom. The van der Waals surface area contributed by atoms with Crippen LogP contribution in [0.1, 0.15) is 0 Å². The first kappa shape index (κ1) is 27.9. The SMILES string of the molecule is c1ccc(-c2nc(-c3ccc4c(c3)oc3ccccc34)nc(-c3cccc4c3oc3cccc(-c5ccc6c(c5)oc5ccccc56)c34)n2)cc1. The van der Waals surface area contributed by atoms with Crippen LogP contribution in [0, 0.1) is 0 Å². The Kier molecular flexibility index (Phi) is 5.86. The van der Waals surface area contributed by atoms with E-state index < -0.39 is 0 Å². The number of hydrogen-bond acceptors (Lipinski definition) is 6. The highest BCUT2D eigenvalue weighted by molar-refractivity contribution is 6.16. The van der Waals surface area contributed by atoms with Crippen molar-refractivity contribution in [1.29, 1.82) is 0 Å². The Hall–Kier alpha value is -7.05. The lowest BCUT2D eigenvalue weighted by atomic mass is 9.97. The highest BCUT2D eigenvalue weighted by Gasteiger charge is 2.20. The van der Waals surface area contributed by atoms with E-state index in [4.69, 9.17) is 28.2 Å². The smallest absolute Gasteiger partial charge is 0.167 e. The quantitative estimate of drug-likeness (QED) is 0.188. The van der Waals surface area contributed by atoms with Gasteiger partial charge < -0.3 is 13.3 Å². The van der Waals surface area contributed by atoms with Gasteiger partial charge in [0.2, 0.25) is 0 Å². The van der Waals surface area contributed by atoms with Gasteiger partial charge >= 0.3 is 0 Å². The van der Waals surface area contributed by atoms with Crippen molar-refractivity contribution >= 4 is 65.8 Å². The number of nitrogens with zero attached hydrogens (tertiary/aromatic N) is 3. The highest BCUT2D eigenvalue weighted by Crippen LogP contribution is 2.42. The highest BCUT2D eigenvalue weighted by atomic mass is 16.3. The van der Waals surface area contributed by atoms with Crippen molar-refractivity contribution in [3.8, 4) is 45.3 Å². The van der Waals surface area contributed by atoms with Crippen molar-refractivity contribution in [1.82, 2.24) is 15.0 Å². The van der Waals surface area contributed by atoms with Gasteiger partial charge in [0.05, 0.1) is 5.56 Å². The first-order chi connectivity index (χ1) is 25.2. The summed E-state index contributed by atoms with van der Waals surface area (Å²) in [5.74, 6) is 1.65. The van der Waals surface area contributed by atoms with E-state index in [0.29, 0.717) is 23.1 Å². The largest absolute Gasteiger partial charge is 0.456 e. The normalized spacial score (nSPS) is 11.9. The average molecular weight is 656 g/mol. The fourth-order valence-corrected chi connectivity index (χ4v) is 7.36. The second-order valence-electron chi connectivity index (χ2n) is 12.8. The van der Waals surface area contributed by atoms with Gasteiger partial charge in [-0.2, -0.15) is 0 Å². The minimum atomic E-state index is 0.526. The van der Waals surface area contributed by atoms with E-state index in [1.807, 2.05) is 103 Å². The first-order valence-corrected chi connectivity index (χ1v) is 16.8. The van der Waals surface area contributed by atoms with Crippen molar-refractivity contribution in [3.63, 3.8) is 0 Å². The molecule has 4 aromatic heterocycles. The van der Waals surface area contributed by atoms with Crippen LogP contribution in [0.25, 0.3) is 111 Å². The standard InChI is InChI=1S/C45H25N3O3/c1-2-10-26(11-3-1)43-46-44(28-21-23-33-31-13-5-7-18-37(31)50-40(33)25-28)48-45(47-43)35-16-8-15-34-41-29(14-9-19-38(41)51-42(34)35)27-20-22-32-30-12-4-6-17-36(30)49-39(32)24-27/h1-25H. The van der Waals surface area contributed by atoms with Gasteiger partial charge in [0, 0.05) is 43.4 Å². The summed E-state index contributed by atoms with van der Waals surface area (Å²) in [6, 6.07) is 51.1. The monoisotopic (exact) mass is 655 g/mol. The van der Waals surface area contributed by atoms with Crippen LogP contribution in [-0.4, -0.2) is 15.0 Å². The van der Waals surface area contributed by atoms with Crippen LogP contribution in [-0.2, 0) is 0 Å². The summed E-state index contributed by atoms with van der Waals surface area (Å²) in [5.41, 5.74) is 9.49. The van der Waals surface area contributed by atoms with E-state index in [1.54, 1.807) is 0 Å². The van der Waals surface area contributed by atoms with Crippen molar-refractivity contribution in [2.45, 2.75) is 0 Å². The van der Waals surface area contributed by atoms with Crippen molar-refractivity contribution in [3.05, 3.63) is 152 Å². The molecule has 0 aliphatic carbocycles. The van der Waals surface area contributed by atoms with Crippen LogP contribution in [0.5, 0.6) is 0 Å². The van der Waals surface area contributed by atoms with Gasteiger partial charge in [-0.3, -0.25) is 0 Å². The summed E-state index contributed by atoms with van der Waals surface area (Å²) in [7, 11) is 0. The molecule has 51 heavy (non-hydrogen) atoms. The van der Waals surface area contributed by atoms with Gasteiger partial charge in [0.1, 0.15) is 33.5 Å². The minimum absolute atomic E-state index is 0.526. The predicted octanol–water partition coefficient (Wildman–Crippen LogP) is 12.2. The number of furan rings is 3. The van der Waals surface area contributed by atoms with Gasteiger partial charge in [0.25, 0.3) is 0 Å². The zero-order valence-corrected chi connectivity index (χ0v) is 27.0. The lowest BCUT2D eigenvalue weighted by molar-refractivity contribution is 0.668. The molecule has 0 aliphatic heterocycles. The third kappa shape index (κ3) is 4.33. The number of aromatic nitrogens is 3. The number of fused-ring (bicyclic) bond motifs is 9. The molecule has 0 spiro atoms. The Labute approximate surface area is 290 Å². The van der Waals surface area contributed by atoms with E-state index in [0.717, 1.165) is 88.0 Å². The number of benzene rings is 7. The van der Waals surface area contributed by atoms with Gasteiger partial charge in [0.15, 0.2) is 17.5 Å². The van der Waals surface area contributed by atoms with Gasteiger partial charge in [-0.15, -0.1) is 0 Å². The predicted molar refractivity (Wildman–Crippen MR) is 203 cm³/mol. The summed E-state index contributed by atoms with van der Waals surface area (Å²) >= 11 is 0. The maximum atomic E-state index is 6.68. The Bertz CT molecular complexity index is 3150. The van der Waals surface area contributed by atoms with Crippen LogP contribution in [0.3, 0.4) is 0 Å². The van der Waals surface area contributed by atoms with E-state index in [-0.39, 0.29) is 0 Å². The van der Waals surface area contributed by atoms with Crippen LogP contribution < -0.4 is 0 Å². The zero-order valence-electron chi connectivity index (χ0n) is 27.0.